The molecule has 0 fully saturated rings. The molecule has 0 saturated heterocycles. The van der Waals surface area contributed by atoms with E-state index in [0.717, 1.165) is 6.07 Å². The van der Waals surface area contributed by atoms with Crippen LogP contribution in [0.2, 0.25) is 0 Å². The lowest BCUT2D eigenvalue weighted by Gasteiger charge is -1.88. The molecule has 0 aromatic carbocycles. The van der Waals surface area contributed by atoms with Crippen molar-refractivity contribution in [1.82, 2.24) is 0 Å². The zero-order chi connectivity index (χ0) is 7.56. The molecule has 0 saturated carbocycles. The second-order valence-corrected chi connectivity index (χ2v) is 1.84. The Kier molecular flexibility index (Phi) is 1.62. The fourth-order valence-corrected chi connectivity index (χ4v) is 0.641. The Balaban J connectivity index is 3.32. The molecule has 0 amide bonds. The third-order valence-corrected chi connectivity index (χ3v) is 0.984. The van der Waals surface area contributed by atoms with Crippen LogP contribution < -0.4 is 5.63 Å². The quantitative estimate of drug-likeness (QED) is 0.551. The maximum atomic E-state index is 10.5. The van der Waals surface area contributed by atoms with Gasteiger partial charge in [-0.05, 0) is 12.1 Å². The Labute approximate surface area is 56.5 Å². The third kappa shape index (κ3) is 1.28. The van der Waals surface area contributed by atoms with Crippen LogP contribution in [0.5, 0.6) is 0 Å². The van der Waals surface area contributed by atoms with Crippen LogP contribution in [-0.2, 0) is 0 Å². The van der Waals surface area contributed by atoms with Crippen molar-refractivity contribution < 1.29 is 4.42 Å². The molecule has 0 atom stereocenters. The second kappa shape index (κ2) is 2.43. The Morgan fingerprint density at radius 3 is 2.70 bits per heavy atom. The molecule has 1 heterocycles. The van der Waals surface area contributed by atoms with Gasteiger partial charge in [0.25, 0.3) is 0 Å². The summed E-state index contributed by atoms with van der Waals surface area (Å²) in [7, 11) is 0. The van der Waals surface area contributed by atoms with Gasteiger partial charge >= 0.3 is 5.63 Å². The van der Waals surface area contributed by atoms with Crippen molar-refractivity contribution in [3.8, 4) is 0 Å². The first-order valence-electron chi connectivity index (χ1n) is 2.67. The molecule has 1 rings (SSSR count). The van der Waals surface area contributed by atoms with Crippen LogP contribution >= 0.6 is 0 Å². The molecule has 0 N–H and O–H groups in total. The molecule has 0 aliphatic heterocycles. The van der Waals surface area contributed by atoms with Gasteiger partial charge < -0.3 is 4.42 Å². The molecule has 0 aliphatic carbocycles. The Morgan fingerprint density at radius 2 is 2.20 bits per heavy atom. The lowest BCUT2D eigenvalue weighted by atomic mass is 10.4. The summed E-state index contributed by atoms with van der Waals surface area (Å²) in [5, 5.41) is 2.58. The van der Waals surface area contributed by atoms with Crippen LogP contribution in [-0.4, -0.2) is 0 Å². The van der Waals surface area contributed by atoms with E-state index in [9.17, 15) is 9.70 Å². The highest BCUT2D eigenvalue weighted by molar-refractivity contribution is 5.34. The zero-order valence-corrected chi connectivity index (χ0v) is 5.33. The Morgan fingerprint density at radius 1 is 1.50 bits per heavy atom. The average Bonchev–Trinajstić information content (AvgIpc) is 1.85. The van der Waals surface area contributed by atoms with E-state index in [1.54, 1.807) is 6.92 Å². The van der Waals surface area contributed by atoms with Gasteiger partial charge in [-0.25, -0.2) is 4.79 Å². The van der Waals surface area contributed by atoms with Crippen LogP contribution in [0.15, 0.2) is 26.5 Å². The van der Waals surface area contributed by atoms with E-state index in [1.807, 2.05) is 0 Å². The van der Waals surface area contributed by atoms with Gasteiger partial charge in [0.15, 0.2) is 0 Å². The van der Waals surface area contributed by atoms with E-state index in [2.05, 4.69) is 9.59 Å². The van der Waals surface area contributed by atoms with Crippen LogP contribution in [0, 0.1) is 11.8 Å². The molecule has 1 aromatic rings. The first-order valence-corrected chi connectivity index (χ1v) is 2.67. The lowest BCUT2D eigenvalue weighted by Crippen LogP contribution is -1.95. The molecule has 0 spiro atoms. The van der Waals surface area contributed by atoms with Crippen molar-refractivity contribution in [2.75, 3.05) is 0 Å². The first kappa shape index (κ1) is 6.67. The van der Waals surface area contributed by atoms with Crippen molar-refractivity contribution in [2.45, 2.75) is 6.92 Å². The van der Waals surface area contributed by atoms with E-state index >= 15 is 0 Å². The summed E-state index contributed by atoms with van der Waals surface area (Å²) in [6, 6.07) is 2.44. The molecule has 0 unspecified atom stereocenters. The van der Waals surface area contributed by atoms with Crippen molar-refractivity contribution >= 4 is 5.69 Å². The number of hydrogen-bond donors (Lipinski definition) is 0. The fourth-order valence-electron chi connectivity index (χ4n) is 0.641. The van der Waals surface area contributed by atoms with E-state index < -0.39 is 5.63 Å². The average molecular weight is 139 g/mol. The molecule has 10 heavy (non-hydrogen) atoms. The highest BCUT2D eigenvalue weighted by Gasteiger charge is 1.95. The van der Waals surface area contributed by atoms with Crippen LogP contribution in [0.1, 0.15) is 5.76 Å². The molecule has 0 aliphatic rings. The topological polar surface area (TPSA) is 59.6 Å². The van der Waals surface area contributed by atoms with Crippen molar-refractivity contribution in [3.05, 3.63) is 33.2 Å². The predicted octanol–water partition coefficient (Wildman–Crippen LogP) is 1.35. The molecular formula is C6H5NO3. The molecular weight excluding hydrogens is 134 g/mol. The summed E-state index contributed by atoms with van der Waals surface area (Å²) in [4.78, 5) is 20.4. The maximum absolute atomic E-state index is 10.5. The SMILES string of the molecule is Cc1cc(N=O)cc(=O)o1. The lowest BCUT2D eigenvalue weighted by molar-refractivity contribution is 0.481. The summed E-state index contributed by atoms with van der Waals surface area (Å²) in [5.41, 5.74) is -0.441. The van der Waals surface area contributed by atoms with Gasteiger partial charge in [-0.2, -0.15) is 0 Å². The number of aryl methyl sites for hydroxylation is 1. The van der Waals surface area contributed by atoms with Crippen molar-refractivity contribution in [1.29, 1.82) is 0 Å². The molecule has 0 radical (unpaired) electrons. The number of nitrogens with zero attached hydrogens (tertiary/aromatic N) is 1. The Bertz CT molecular complexity index is 302. The van der Waals surface area contributed by atoms with Crippen LogP contribution in [0.25, 0.3) is 0 Å². The van der Waals surface area contributed by atoms with E-state index in [4.69, 9.17) is 0 Å². The largest absolute Gasteiger partial charge is 0.428 e. The van der Waals surface area contributed by atoms with Gasteiger partial charge in [0.2, 0.25) is 0 Å². The monoisotopic (exact) mass is 139 g/mol. The second-order valence-electron chi connectivity index (χ2n) is 1.84. The molecule has 1 aromatic heterocycles. The van der Waals surface area contributed by atoms with Gasteiger partial charge in [0.1, 0.15) is 11.4 Å². The summed E-state index contributed by atoms with van der Waals surface area (Å²) >= 11 is 0. The van der Waals surface area contributed by atoms with Gasteiger partial charge in [-0.15, -0.1) is 4.91 Å². The van der Waals surface area contributed by atoms with Gasteiger partial charge in [0.05, 0.1) is 6.07 Å². The van der Waals surface area contributed by atoms with Crippen molar-refractivity contribution in [2.24, 2.45) is 5.18 Å². The molecule has 52 valence electrons. The van der Waals surface area contributed by atoms with Gasteiger partial charge in [-0.1, -0.05) is 0 Å². The minimum Gasteiger partial charge on any atom is -0.428 e. The van der Waals surface area contributed by atoms with E-state index in [0.29, 0.717) is 5.76 Å². The summed E-state index contributed by atoms with van der Waals surface area (Å²) in [5.74, 6) is 0.391. The smallest absolute Gasteiger partial charge is 0.338 e. The van der Waals surface area contributed by atoms with Gasteiger partial charge in [0, 0.05) is 6.07 Å². The number of rotatable bonds is 1. The van der Waals surface area contributed by atoms with E-state index in [1.165, 1.54) is 6.07 Å². The minimum atomic E-state index is -0.547. The highest BCUT2D eigenvalue weighted by Crippen LogP contribution is 2.08. The van der Waals surface area contributed by atoms with Crippen LogP contribution in [0.3, 0.4) is 0 Å². The fraction of sp³-hybridized carbons (Fsp3) is 0.167. The summed E-state index contributed by atoms with van der Waals surface area (Å²) in [6.45, 7) is 1.58. The molecule has 4 heteroatoms. The molecule has 4 nitrogen and oxygen atoms in total. The van der Waals surface area contributed by atoms with Gasteiger partial charge in [-0.3, -0.25) is 0 Å². The normalized spacial score (nSPS) is 9.30. The third-order valence-electron chi connectivity index (χ3n) is 0.984. The first-order chi connectivity index (χ1) is 4.72. The number of hydrogen-bond acceptors (Lipinski definition) is 4. The highest BCUT2D eigenvalue weighted by atomic mass is 16.4. The summed E-state index contributed by atoms with van der Waals surface area (Å²) in [6.07, 6.45) is 0. The van der Waals surface area contributed by atoms with E-state index in [-0.39, 0.29) is 5.69 Å². The minimum absolute atomic E-state index is 0.105. The standard InChI is InChI=1S/C6H5NO3/c1-4-2-5(7-9)3-6(8)10-4/h2-3H,1H3. The molecule has 0 bridgehead atoms. The zero-order valence-electron chi connectivity index (χ0n) is 5.33. The Hall–Kier alpha value is -1.45. The maximum Gasteiger partial charge on any atom is 0.338 e. The van der Waals surface area contributed by atoms with Crippen molar-refractivity contribution in [3.63, 3.8) is 0 Å². The predicted molar refractivity (Wildman–Crippen MR) is 35.2 cm³/mol. The van der Waals surface area contributed by atoms with Crippen LogP contribution in [0.4, 0.5) is 5.69 Å². The summed E-state index contributed by atoms with van der Waals surface area (Å²) < 4.78 is 4.57. The number of nitroso groups, excluding NO2 is 1.